The van der Waals surface area contributed by atoms with Gasteiger partial charge in [-0.3, -0.25) is 9.35 Å². The summed E-state index contributed by atoms with van der Waals surface area (Å²) in [5.41, 5.74) is 1.12. The fourth-order valence-corrected chi connectivity index (χ4v) is 1.98. The van der Waals surface area contributed by atoms with Crippen LogP contribution >= 0.6 is 0 Å². The first-order valence-electron chi connectivity index (χ1n) is 6.18. The molecule has 1 heterocycles. The lowest BCUT2D eigenvalue weighted by molar-refractivity contribution is -0.130. The lowest BCUT2D eigenvalue weighted by Gasteiger charge is -2.23. The number of hydrogen-bond donors (Lipinski definition) is 2. The van der Waals surface area contributed by atoms with Gasteiger partial charge in [0.25, 0.3) is 10.1 Å². The first kappa shape index (κ1) is 16.6. The lowest BCUT2D eigenvalue weighted by atomic mass is 10.2. The van der Waals surface area contributed by atoms with E-state index in [1.165, 1.54) is 0 Å². The highest BCUT2D eigenvalue weighted by molar-refractivity contribution is 7.85. The Balaban J connectivity index is 0.000000347. The van der Waals surface area contributed by atoms with Gasteiger partial charge in [0, 0.05) is 13.0 Å². The molecule has 1 fully saturated rings. The molecule has 2 N–H and O–H groups in total. The number of nitrogens with zero attached hydrogens (tertiary/aromatic N) is 1. The molecule has 0 bridgehead atoms. The Hall–Kier alpha value is -1.44. The van der Waals surface area contributed by atoms with Crippen molar-refractivity contribution in [2.45, 2.75) is 25.4 Å². The molecular formula is C13H19NO5S. The summed E-state index contributed by atoms with van der Waals surface area (Å²) in [6.07, 6.45) is 2.06. The smallest absolute Gasteiger partial charge is 0.261 e. The number of aliphatic hydroxyl groups is 1. The molecule has 1 aromatic rings. The summed E-state index contributed by atoms with van der Waals surface area (Å²) in [5, 5.41) is 9.14. The minimum absolute atomic E-state index is 0.0118. The van der Waals surface area contributed by atoms with Gasteiger partial charge in [0.2, 0.25) is 5.91 Å². The molecule has 1 atom stereocenters. The summed E-state index contributed by atoms with van der Waals surface area (Å²) < 4.78 is 25.9. The average molecular weight is 301 g/mol. The van der Waals surface area contributed by atoms with Crippen LogP contribution < -0.4 is 0 Å². The third kappa shape index (κ3) is 6.14. The normalized spacial score (nSPS) is 18.6. The van der Waals surface area contributed by atoms with Gasteiger partial charge in [-0.15, -0.1) is 0 Å². The third-order valence-electron chi connectivity index (χ3n) is 2.86. The van der Waals surface area contributed by atoms with E-state index in [-0.39, 0.29) is 18.6 Å². The molecule has 6 nitrogen and oxygen atoms in total. The molecule has 112 valence electrons. The highest BCUT2D eigenvalue weighted by atomic mass is 32.2. The molecule has 0 radical (unpaired) electrons. The number of aliphatic hydroxyl groups excluding tert-OH is 1. The molecular weight excluding hydrogens is 282 g/mol. The Morgan fingerprint density at radius 3 is 2.35 bits per heavy atom. The quantitative estimate of drug-likeness (QED) is 0.800. The number of carbonyl (C=O) groups is 1. The summed E-state index contributed by atoms with van der Waals surface area (Å²) in [5.74, 6) is 0.151. The van der Waals surface area contributed by atoms with Crippen LogP contribution in [0.3, 0.4) is 0 Å². The van der Waals surface area contributed by atoms with E-state index in [2.05, 4.69) is 0 Å². The van der Waals surface area contributed by atoms with Crippen LogP contribution in [0.2, 0.25) is 0 Å². The summed E-state index contributed by atoms with van der Waals surface area (Å²) in [6, 6.07) is 9.89. The van der Waals surface area contributed by atoms with Crippen molar-refractivity contribution in [2.24, 2.45) is 0 Å². The zero-order valence-corrected chi connectivity index (χ0v) is 12.1. The van der Waals surface area contributed by atoms with Crippen molar-refractivity contribution in [2.75, 3.05) is 12.9 Å². The van der Waals surface area contributed by atoms with Crippen molar-refractivity contribution in [3.8, 4) is 0 Å². The van der Waals surface area contributed by atoms with Gasteiger partial charge in [0.1, 0.15) is 0 Å². The highest BCUT2D eigenvalue weighted by Crippen LogP contribution is 2.20. The van der Waals surface area contributed by atoms with Gasteiger partial charge in [0.15, 0.2) is 0 Å². The Kier molecular flexibility index (Phi) is 6.12. The zero-order chi connectivity index (χ0) is 15.2. The van der Waals surface area contributed by atoms with E-state index < -0.39 is 10.1 Å². The lowest BCUT2D eigenvalue weighted by Crippen LogP contribution is -2.34. The van der Waals surface area contributed by atoms with E-state index >= 15 is 0 Å². The molecule has 2 rings (SSSR count). The highest BCUT2D eigenvalue weighted by Gasteiger charge is 2.29. The largest absolute Gasteiger partial charge is 0.394 e. The summed E-state index contributed by atoms with van der Waals surface area (Å²) in [4.78, 5) is 13.3. The van der Waals surface area contributed by atoms with E-state index in [0.717, 1.165) is 12.0 Å². The molecule has 0 aromatic heterocycles. The molecule has 0 saturated carbocycles. The number of carbonyl (C=O) groups excluding carboxylic acids is 1. The van der Waals surface area contributed by atoms with E-state index in [4.69, 9.17) is 9.66 Å². The second kappa shape index (κ2) is 7.37. The maximum atomic E-state index is 11.6. The Labute approximate surface area is 118 Å². The maximum Gasteiger partial charge on any atom is 0.261 e. The summed E-state index contributed by atoms with van der Waals surface area (Å²) in [7, 11) is -3.67. The number of likely N-dealkylation sites (tertiary alicyclic amines) is 1. The molecule has 1 aromatic carbocycles. The molecule has 0 spiro atoms. The molecule has 7 heteroatoms. The van der Waals surface area contributed by atoms with Gasteiger partial charge < -0.3 is 10.0 Å². The van der Waals surface area contributed by atoms with E-state index in [0.29, 0.717) is 19.2 Å². The number of amides is 1. The molecule has 1 amide bonds. The topological polar surface area (TPSA) is 94.9 Å². The first-order valence-corrected chi connectivity index (χ1v) is 8.03. The van der Waals surface area contributed by atoms with Crippen LogP contribution in [0, 0.1) is 0 Å². The SMILES string of the molecule is CS(=O)(=O)O.O=C1CCC(CO)N1Cc1ccccc1. The van der Waals surface area contributed by atoms with Gasteiger partial charge in [-0.1, -0.05) is 30.3 Å². The predicted molar refractivity (Wildman–Crippen MR) is 74.6 cm³/mol. The minimum Gasteiger partial charge on any atom is -0.394 e. The van der Waals surface area contributed by atoms with Crippen LogP contribution in [0.1, 0.15) is 18.4 Å². The van der Waals surface area contributed by atoms with Crippen molar-refractivity contribution < 1.29 is 22.9 Å². The van der Waals surface area contributed by atoms with Crippen molar-refractivity contribution >= 4 is 16.0 Å². The van der Waals surface area contributed by atoms with Crippen LogP contribution in [0.15, 0.2) is 30.3 Å². The number of rotatable bonds is 3. The Morgan fingerprint density at radius 1 is 1.30 bits per heavy atom. The van der Waals surface area contributed by atoms with Gasteiger partial charge >= 0.3 is 0 Å². The molecule has 20 heavy (non-hydrogen) atoms. The van der Waals surface area contributed by atoms with Crippen molar-refractivity contribution in [1.82, 2.24) is 4.90 Å². The van der Waals surface area contributed by atoms with E-state index in [1.54, 1.807) is 4.90 Å². The minimum atomic E-state index is -3.67. The van der Waals surface area contributed by atoms with Crippen molar-refractivity contribution in [3.05, 3.63) is 35.9 Å². The van der Waals surface area contributed by atoms with Gasteiger partial charge in [-0.25, -0.2) is 0 Å². The third-order valence-corrected chi connectivity index (χ3v) is 2.86. The molecule has 0 aliphatic carbocycles. The number of benzene rings is 1. The molecule has 1 aliphatic heterocycles. The molecule has 1 aliphatic rings. The second-order valence-corrected chi connectivity index (χ2v) is 6.08. The van der Waals surface area contributed by atoms with E-state index in [9.17, 15) is 13.2 Å². The van der Waals surface area contributed by atoms with Crippen LogP contribution in [-0.4, -0.2) is 47.8 Å². The van der Waals surface area contributed by atoms with Crippen LogP contribution in [0.25, 0.3) is 0 Å². The Morgan fingerprint density at radius 2 is 1.85 bits per heavy atom. The fourth-order valence-electron chi connectivity index (χ4n) is 1.98. The van der Waals surface area contributed by atoms with Crippen molar-refractivity contribution in [3.63, 3.8) is 0 Å². The van der Waals surface area contributed by atoms with Gasteiger partial charge in [-0.05, 0) is 12.0 Å². The van der Waals surface area contributed by atoms with Crippen LogP contribution in [-0.2, 0) is 21.5 Å². The maximum absolute atomic E-state index is 11.6. The van der Waals surface area contributed by atoms with E-state index in [1.807, 2.05) is 30.3 Å². The predicted octanol–water partition coefficient (Wildman–Crippen LogP) is 0.674. The van der Waals surface area contributed by atoms with Gasteiger partial charge in [0.05, 0.1) is 18.9 Å². The fraction of sp³-hybridized carbons (Fsp3) is 0.462. The summed E-state index contributed by atoms with van der Waals surface area (Å²) >= 11 is 0. The Bertz CT molecular complexity index is 521. The molecule has 1 unspecified atom stereocenters. The standard InChI is InChI=1S/C12H15NO2.CH4O3S/c14-9-11-6-7-12(15)13(11)8-10-4-2-1-3-5-10;1-5(2,3)4/h1-5,11,14H,6-9H2;1H3,(H,2,3,4). The number of hydrogen-bond acceptors (Lipinski definition) is 4. The van der Waals surface area contributed by atoms with Crippen LogP contribution in [0.5, 0.6) is 0 Å². The zero-order valence-electron chi connectivity index (χ0n) is 11.3. The molecule has 1 saturated heterocycles. The van der Waals surface area contributed by atoms with Crippen LogP contribution in [0.4, 0.5) is 0 Å². The second-order valence-electron chi connectivity index (χ2n) is 4.62. The average Bonchev–Trinajstić information content (AvgIpc) is 2.70. The first-order chi connectivity index (χ1) is 9.31. The van der Waals surface area contributed by atoms with Crippen molar-refractivity contribution in [1.29, 1.82) is 0 Å². The monoisotopic (exact) mass is 301 g/mol. The van der Waals surface area contributed by atoms with Gasteiger partial charge in [-0.2, -0.15) is 8.42 Å². The summed E-state index contributed by atoms with van der Waals surface area (Å²) in [6.45, 7) is 0.684.